The van der Waals surface area contributed by atoms with Crippen molar-refractivity contribution >= 4 is 28.3 Å². The maximum atomic E-state index is 11.7. The molecule has 0 saturated heterocycles. The van der Waals surface area contributed by atoms with Crippen molar-refractivity contribution in [3.63, 3.8) is 0 Å². The van der Waals surface area contributed by atoms with Gasteiger partial charge in [0.25, 0.3) is 0 Å². The van der Waals surface area contributed by atoms with Crippen molar-refractivity contribution in [3.8, 4) is 11.1 Å². The van der Waals surface area contributed by atoms with E-state index in [0.717, 1.165) is 22.0 Å². The van der Waals surface area contributed by atoms with E-state index in [2.05, 4.69) is 0 Å². The molecule has 5 heteroatoms. The first-order valence-corrected chi connectivity index (χ1v) is 7.80. The predicted octanol–water partition coefficient (Wildman–Crippen LogP) is 3.56. The maximum Gasteiger partial charge on any atom is 0.336 e. The Bertz CT molecular complexity index is 993. The summed E-state index contributed by atoms with van der Waals surface area (Å²) in [4.78, 5) is 13.6. The van der Waals surface area contributed by atoms with Crippen LogP contribution in [0.1, 0.15) is 15.9 Å². The van der Waals surface area contributed by atoms with Gasteiger partial charge in [-0.15, -0.1) is 0 Å². The summed E-state index contributed by atoms with van der Waals surface area (Å²) >= 11 is 0. The third-order valence-electron chi connectivity index (χ3n) is 4.19. The molecule has 0 aliphatic rings. The van der Waals surface area contributed by atoms with Crippen molar-refractivity contribution < 1.29 is 9.90 Å². The van der Waals surface area contributed by atoms with Crippen molar-refractivity contribution in [1.82, 2.24) is 0 Å². The van der Waals surface area contributed by atoms with E-state index in [-0.39, 0.29) is 11.4 Å². The van der Waals surface area contributed by atoms with Crippen molar-refractivity contribution in [1.29, 1.82) is 5.41 Å². The number of nitrogens with two attached hydrogens (primary N) is 1. The number of carboxylic acid groups (broad SMARTS) is 1. The molecule has 0 saturated carbocycles. The fourth-order valence-corrected chi connectivity index (χ4v) is 2.96. The first-order valence-electron chi connectivity index (χ1n) is 7.80. The van der Waals surface area contributed by atoms with E-state index in [1.54, 1.807) is 18.2 Å². The van der Waals surface area contributed by atoms with Crippen LogP contribution >= 0.6 is 0 Å². The van der Waals surface area contributed by atoms with Crippen LogP contribution in [0, 0.1) is 5.41 Å². The lowest BCUT2D eigenvalue weighted by atomic mass is 9.94. The zero-order valence-corrected chi connectivity index (χ0v) is 14.1. The van der Waals surface area contributed by atoms with Crippen LogP contribution in [0.3, 0.4) is 0 Å². The molecule has 0 aliphatic heterocycles. The molecule has 0 spiro atoms. The number of nitrogens with zero attached hydrogens (tertiary/aromatic N) is 1. The lowest BCUT2D eigenvalue weighted by Crippen LogP contribution is -2.12. The summed E-state index contributed by atoms with van der Waals surface area (Å²) in [7, 11) is 3.79. The van der Waals surface area contributed by atoms with Gasteiger partial charge < -0.3 is 15.7 Å². The van der Waals surface area contributed by atoms with E-state index in [1.807, 2.05) is 55.4 Å². The summed E-state index contributed by atoms with van der Waals surface area (Å²) in [6.45, 7) is 0. The molecular weight excluding hydrogens is 314 g/mol. The summed E-state index contributed by atoms with van der Waals surface area (Å²) in [6.07, 6.45) is 0. The molecule has 5 nitrogen and oxygen atoms in total. The normalized spacial score (nSPS) is 10.6. The third-order valence-corrected chi connectivity index (χ3v) is 4.19. The predicted molar refractivity (Wildman–Crippen MR) is 102 cm³/mol. The minimum atomic E-state index is -0.953. The fraction of sp³-hybridized carbons (Fsp3) is 0.100. The van der Waals surface area contributed by atoms with E-state index in [9.17, 15) is 9.90 Å². The van der Waals surface area contributed by atoms with Crippen molar-refractivity contribution in [2.45, 2.75) is 0 Å². The number of rotatable bonds is 4. The summed E-state index contributed by atoms with van der Waals surface area (Å²) in [5.41, 5.74) is 8.86. The SMILES string of the molecule is CN(C)c1cccc(C(=O)O)c1-c1ccc2cc(C(=N)N)ccc2c1. The van der Waals surface area contributed by atoms with E-state index >= 15 is 0 Å². The zero-order valence-electron chi connectivity index (χ0n) is 14.1. The number of fused-ring (bicyclic) bond motifs is 1. The molecule has 0 bridgehead atoms. The van der Waals surface area contributed by atoms with Gasteiger partial charge in [0, 0.05) is 30.9 Å². The molecule has 0 heterocycles. The van der Waals surface area contributed by atoms with Gasteiger partial charge in [0.15, 0.2) is 0 Å². The molecule has 0 radical (unpaired) electrons. The van der Waals surface area contributed by atoms with E-state index < -0.39 is 5.97 Å². The maximum absolute atomic E-state index is 11.7. The van der Waals surface area contributed by atoms with Crippen molar-refractivity contribution in [3.05, 3.63) is 65.7 Å². The van der Waals surface area contributed by atoms with Gasteiger partial charge in [-0.2, -0.15) is 0 Å². The van der Waals surface area contributed by atoms with E-state index in [4.69, 9.17) is 11.1 Å². The van der Waals surface area contributed by atoms with Crippen molar-refractivity contribution in [2.24, 2.45) is 5.73 Å². The van der Waals surface area contributed by atoms with E-state index in [1.165, 1.54) is 0 Å². The Morgan fingerprint density at radius 1 is 1.04 bits per heavy atom. The molecular formula is C20H19N3O2. The lowest BCUT2D eigenvalue weighted by molar-refractivity contribution is 0.0698. The molecule has 3 aromatic rings. The Labute approximate surface area is 145 Å². The monoisotopic (exact) mass is 333 g/mol. The highest BCUT2D eigenvalue weighted by atomic mass is 16.4. The smallest absolute Gasteiger partial charge is 0.336 e. The minimum absolute atomic E-state index is 0.0251. The average molecular weight is 333 g/mol. The molecule has 0 aliphatic carbocycles. The number of hydrogen-bond donors (Lipinski definition) is 3. The summed E-state index contributed by atoms with van der Waals surface area (Å²) < 4.78 is 0. The molecule has 126 valence electrons. The van der Waals surface area contributed by atoms with Crippen LogP contribution in [-0.2, 0) is 0 Å². The number of nitrogen functional groups attached to an aromatic ring is 1. The van der Waals surface area contributed by atoms with Crippen LogP contribution in [0.4, 0.5) is 5.69 Å². The van der Waals surface area contributed by atoms with Crippen LogP contribution in [0.25, 0.3) is 21.9 Å². The van der Waals surface area contributed by atoms with Gasteiger partial charge >= 0.3 is 5.97 Å². The number of nitrogens with one attached hydrogen (secondary N) is 1. The Kier molecular flexibility index (Phi) is 4.15. The second-order valence-corrected chi connectivity index (χ2v) is 6.09. The summed E-state index contributed by atoms with van der Waals surface area (Å²) in [5.74, 6) is -0.928. The molecule has 25 heavy (non-hydrogen) atoms. The van der Waals surface area contributed by atoms with Crippen LogP contribution < -0.4 is 10.6 Å². The van der Waals surface area contributed by atoms with Crippen LogP contribution in [0.2, 0.25) is 0 Å². The van der Waals surface area contributed by atoms with Crippen LogP contribution in [0.5, 0.6) is 0 Å². The molecule has 0 unspecified atom stereocenters. The first kappa shape index (κ1) is 16.5. The Morgan fingerprint density at radius 3 is 2.36 bits per heavy atom. The molecule has 4 N–H and O–H groups in total. The number of carboxylic acids is 1. The third kappa shape index (κ3) is 3.04. The largest absolute Gasteiger partial charge is 0.478 e. The molecule has 3 rings (SSSR count). The van der Waals surface area contributed by atoms with Gasteiger partial charge in [-0.25, -0.2) is 4.79 Å². The number of benzene rings is 3. The number of aromatic carboxylic acids is 1. The number of anilines is 1. The Balaban J connectivity index is 2.24. The topological polar surface area (TPSA) is 90.4 Å². The van der Waals surface area contributed by atoms with Gasteiger partial charge in [-0.05, 0) is 40.6 Å². The van der Waals surface area contributed by atoms with Crippen LogP contribution in [0.15, 0.2) is 54.6 Å². The Morgan fingerprint density at radius 2 is 1.72 bits per heavy atom. The number of hydrogen-bond acceptors (Lipinski definition) is 3. The van der Waals surface area contributed by atoms with Gasteiger partial charge in [-0.3, -0.25) is 5.41 Å². The fourth-order valence-electron chi connectivity index (χ4n) is 2.96. The van der Waals surface area contributed by atoms with Crippen molar-refractivity contribution in [2.75, 3.05) is 19.0 Å². The van der Waals surface area contributed by atoms with Gasteiger partial charge in [0.2, 0.25) is 0 Å². The second-order valence-electron chi connectivity index (χ2n) is 6.09. The van der Waals surface area contributed by atoms with Crippen LogP contribution in [-0.4, -0.2) is 31.0 Å². The first-order chi connectivity index (χ1) is 11.9. The van der Waals surface area contributed by atoms with Gasteiger partial charge in [0.1, 0.15) is 5.84 Å². The van der Waals surface area contributed by atoms with Gasteiger partial charge in [0.05, 0.1) is 5.56 Å². The van der Waals surface area contributed by atoms with E-state index in [0.29, 0.717) is 11.1 Å². The molecule has 0 amide bonds. The minimum Gasteiger partial charge on any atom is -0.478 e. The summed E-state index contributed by atoms with van der Waals surface area (Å²) in [5, 5.41) is 19.1. The Hall–Kier alpha value is -3.34. The summed E-state index contributed by atoms with van der Waals surface area (Å²) in [6, 6.07) is 16.6. The zero-order chi connectivity index (χ0) is 18.1. The molecule has 0 aromatic heterocycles. The second kappa shape index (κ2) is 6.28. The highest BCUT2D eigenvalue weighted by Crippen LogP contribution is 2.35. The highest BCUT2D eigenvalue weighted by Gasteiger charge is 2.17. The number of carbonyl (C=O) groups is 1. The number of amidine groups is 1. The molecule has 0 fully saturated rings. The molecule has 3 aromatic carbocycles. The quantitative estimate of drug-likeness (QED) is 0.503. The average Bonchev–Trinajstić information content (AvgIpc) is 2.59. The van der Waals surface area contributed by atoms with Gasteiger partial charge in [-0.1, -0.05) is 30.3 Å². The standard InChI is InChI=1S/C20H19N3O2/c1-23(2)17-5-3-4-16(20(24)25)18(17)14-8-6-13-11-15(19(21)22)9-7-12(13)10-14/h3-11H,1-2H3,(H3,21,22)(H,24,25). The molecule has 0 atom stereocenters. The lowest BCUT2D eigenvalue weighted by Gasteiger charge is -2.20. The highest BCUT2D eigenvalue weighted by molar-refractivity contribution is 6.03.